The number of imidazole rings is 1. The summed E-state index contributed by atoms with van der Waals surface area (Å²) in [4.78, 5) is 25.4. The molecule has 1 fully saturated rings. The van der Waals surface area contributed by atoms with Crippen molar-refractivity contribution in [2.75, 3.05) is 26.7 Å². The molecule has 3 heterocycles. The molecule has 116 valence electrons. The highest BCUT2D eigenvalue weighted by atomic mass is 16.2. The van der Waals surface area contributed by atoms with E-state index in [4.69, 9.17) is 0 Å². The Bertz CT molecular complexity index is 681. The van der Waals surface area contributed by atoms with Crippen molar-refractivity contribution in [1.82, 2.24) is 24.3 Å². The van der Waals surface area contributed by atoms with Gasteiger partial charge in [-0.05, 0) is 33.0 Å². The van der Waals surface area contributed by atoms with Gasteiger partial charge in [-0.25, -0.2) is 4.98 Å². The number of amides is 1. The number of rotatable bonds is 2. The number of carbonyl (C=O) groups excluding carboxylic acids is 1. The average molecular weight is 299 g/mol. The van der Waals surface area contributed by atoms with Gasteiger partial charge in [0.25, 0.3) is 5.91 Å². The van der Waals surface area contributed by atoms with E-state index in [0.29, 0.717) is 5.69 Å². The standard InChI is InChI=1S/C16H21N5O/c1-12-11-19(3)8-9-20(12)16(22)15-10-14(4-5-18-15)21-7-6-17-13(21)2/h4-7,10,12H,8-9,11H2,1-3H3/t12-/m0/s1. The molecule has 6 nitrogen and oxygen atoms in total. The highest BCUT2D eigenvalue weighted by molar-refractivity contribution is 5.93. The van der Waals surface area contributed by atoms with Gasteiger partial charge in [0.1, 0.15) is 11.5 Å². The molecule has 1 aliphatic heterocycles. The van der Waals surface area contributed by atoms with Crippen molar-refractivity contribution < 1.29 is 4.79 Å². The monoisotopic (exact) mass is 299 g/mol. The van der Waals surface area contributed by atoms with Crippen LogP contribution in [0.3, 0.4) is 0 Å². The number of pyridine rings is 1. The number of hydrogen-bond donors (Lipinski definition) is 0. The second-order valence-electron chi connectivity index (χ2n) is 5.85. The number of likely N-dealkylation sites (N-methyl/N-ethyl adjacent to an activating group) is 1. The Morgan fingerprint density at radius 1 is 1.27 bits per heavy atom. The minimum Gasteiger partial charge on any atom is -0.332 e. The molecule has 0 radical (unpaired) electrons. The first-order valence-electron chi connectivity index (χ1n) is 7.52. The fraction of sp³-hybridized carbons (Fsp3) is 0.438. The third-order valence-electron chi connectivity index (χ3n) is 4.16. The Morgan fingerprint density at radius 3 is 2.77 bits per heavy atom. The summed E-state index contributed by atoms with van der Waals surface area (Å²) < 4.78 is 1.95. The number of carbonyl (C=O) groups is 1. The largest absolute Gasteiger partial charge is 0.332 e. The zero-order valence-electron chi connectivity index (χ0n) is 13.2. The van der Waals surface area contributed by atoms with Crippen LogP contribution < -0.4 is 0 Å². The smallest absolute Gasteiger partial charge is 0.272 e. The molecule has 2 aromatic heterocycles. The second kappa shape index (κ2) is 5.88. The van der Waals surface area contributed by atoms with Crippen LogP contribution in [-0.2, 0) is 0 Å². The van der Waals surface area contributed by atoms with Gasteiger partial charge < -0.3 is 14.4 Å². The highest BCUT2D eigenvalue weighted by Crippen LogP contribution is 2.15. The Hall–Kier alpha value is -2.21. The van der Waals surface area contributed by atoms with E-state index in [-0.39, 0.29) is 11.9 Å². The molecule has 0 unspecified atom stereocenters. The maximum absolute atomic E-state index is 12.7. The van der Waals surface area contributed by atoms with Crippen molar-refractivity contribution >= 4 is 5.91 Å². The first kappa shape index (κ1) is 14.7. The van der Waals surface area contributed by atoms with E-state index in [0.717, 1.165) is 31.1 Å². The van der Waals surface area contributed by atoms with Crippen LogP contribution >= 0.6 is 0 Å². The maximum atomic E-state index is 12.7. The van der Waals surface area contributed by atoms with Crippen molar-refractivity contribution in [2.24, 2.45) is 0 Å². The van der Waals surface area contributed by atoms with Crippen molar-refractivity contribution in [3.8, 4) is 5.69 Å². The minimum absolute atomic E-state index is 0.000202. The predicted molar refractivity (Wildman–Crippen MR) is 84.1 cm³/mol. The van der Waals surface area contributed by atoms with E-state index in [9.17, 15) is 4.79 Å². The fourth-order valence-corrected chi connectivity index (χ4v) is 2.93. The fourth-order valence-electron chi connectivity index (χ4n) is 2.93. The number of hydrogen-bond acceptors (Lipinski definition) is 4. The van der Waals surface area contributed by atoms with E-state index < -0.39 is 0 Å². The van der Waals surface area contributed by atoms with Crippen molar-refractivity contribution in [2.45, 2.75) is 19.9 Å². The first-order valence-corrected chi connectivity index (χ1v) is 7.52. The molecule has 3 rings (SSSR count). The van der Waals surface area contributed by atoms with Gasteiger partial charge in [0, 0.05) is 44.3 Å². The summed E-state index contributed by atoms with van der Waals surface area (Å²) >= 11 is 0. The van der Waals surface area contributed by atoms with Gasteiger partial charge in [0.15, 0.2) is 0 Å². The van der Waals surface area contributed by atoms with Gasteiger partial charge in [0.2, 0.25) is 0 Å². The molecule has 0 aromatic carbocycles. The molecule has 6 heteroatoms. The first-order chi connectivity index (χ1) is 10.6. The molecule has 0 N–H and O–H groups in total. The van der Waals surface area contributed by atoms with Crippen LogP contribution in [0.2, 0.25) is 0 Å². The predicted octanol–water partition coefficient (Wildman–Crippen LogP) is 1.35. The topological polar surface area (TPSA) is 54.3 Å². The lowest BCUT2D eigenvalue weighted by molar-refractivity contribution is 0.0527. The van der Waals surface area contributed by atoms with Gasteiger partial charge in [-0.3, -0.25) is 9.78 Å². The van der Waals surface area contributed by atoms with Crippen molar-refractivity contribution in [1.29, 1.82) is 0 Å². The van der Waals surface area contributed by atoms with Crippen molar-refractivity contribution in [3.05, 3.63) is 42.2 Å². The van der Waals surface area contributed by atoms with Crippen LogP contribution in [0.15, 0.2) is 30.7 Å². The Balaban J connectivity index is 1.86. The summed E-state index contributed by atoms with van der Waals surface area (Å²) in [6, 6.07) is 3.92. The summed E-state index contributed by atoms with van der Waals surface area (Å²) in [7, 11) is 2.08. The molecule has 1 amide bonds. The summed E-state index contributed by atoms with van der Waals surface area (Å²) in [6.07, 6.45) is 5.32. The number of aromatic nitrogens is 3. The van der Waals surface area contributed by atoms with Gasteiger partial charge in [-0.1, -0.05) is 0 Å². The molecule has 0 saturated carbocycles. The van der Waals surface area contributed by atoms with Crippen LogP contribution in [0.1, 0.15) is 23.2 Å². The molecule has 0 bridgehead atoms. The molecule has 1 atom stereocenters. The molecule has 1 saturated heterocycles. The minimum atomic E-state index is 0.000202. The second-order valence-corrected chi connectivity index (χ2v) is 5.85. The van der Waals surface area contributed by atoms with Crippen LogP contribution in [0.4, 0.5) is 0 Å². The molecular weight excluding hydrogens is 278 g/mol. The SMILES string of the molecule is Cc1nccn1-c1ccnc(C(=O)N2CCN(C)C[C@@H]2C)c1. The van der Waals surface area contributed by atoms with Gasteiger partial charge in [-0.15, -0.1) is 0 Å². The lowest BCUT2D eigenvalue weighted by atomic mass is 10.1. The Kier molecular flexibility index (Phi) is 3.94. The summed E-state index contributed by atoms with van der Waals surface area (Å²) in [5, 5.41) is 0. The molecule has 0 aliphatic carbocycles. The lowest BCUT2D eigenvalue weighted by Crippen LogP contribution is -2.52. The van der Waals surface area contributed by atoms with Crippen LogP contribution in [-0.4, -0.2) is 63.0 Å². The molecule has 0 spiro atoms. The molecule has 2 aromatic rings. The molecule has 22 heavy (non-hydrogen) atoms. The van der Waals surface area contributed by atoms with Crippen LogP contribution in [0.5, 0.6) is 0 Å². The molecular formula is C16H21N5O. The quantitative estimate of drug-likeness (QED) is 0.840. The van der Waals surface area contributed by atoms with E-state index in [2.05, 4.69) is 28.8 Å². The average Bonchev–Trinajstić information content (AvgIpc) is 2.93. The maximum Gasteiger partial charge on any atom is 0.272 e. The molecule has 1 aliphatic rings. The van der Waals surface area contributed by atoms with E-state index in [1.54, 1.807) is 12.4 Å². The third-order valence-corrected chi connectivity index (χ3v) is 4.16. The van der Waals surface area contributed by atoms with E-state index >= 15 is 0 Å². The Labute approximate surface area is 130 Å². The zero-order chi connectivity index (χ0) is 15.7. The summed E-state index contributed by atoms with van der Waals surface area (Å²) in [5.41, 5.74) is 1.40. The van der Waals surface area contributed by atoms with Crippen LogP contribution in [0.25, 0.3) is 5.69 Å². The van der Waals surface area contributed by atoms with E-state index in [1.165, 1.54) is 0 Å². The van der Waals surface area contributed by atoms with Crippen molar-refractivity contribution in [3.63, 3.8) is 0 Å². The summed E-state index contributed by atoms with van der Waals surface area (Å²) in [6.45, 7) is 6.55. The van der Waals surface area contributed by atoms with E-state index in [1.807, 2.05) is 34.7 Å². The normalized spacial score (nSPS) is 19.4. The van der Waals surface area contributed by atoms with Crippen LogP contribution in [0, 0.1) is 6.92 Å². The van der Waals surface area contributed by atoms with Gasteiger partial charge >= 0.3 is 0 Å². The number of piperazine rings is 1. The summed E-state index contributed by atoms with van der Waals surface area (Å²) in [5.74, 6) is 0.887. The number of nitrogens with zero attached hydrogens (tertiary/aromatic N) is 5. The Morgan fingerprint density at radius 2 is 2.09 bits per heavy atom. The van der Waals surface area contributed by atoms with Gasteiger partial charge in [0.05, 0.1) is 5.69 Å². The highest BCUT2D eigenvalue weighted by Gasteiger charge is 2.27. The lowest BCUT2D eigenvalue weighted by Gasteiger charge is -2.38. The zero-order valence-corrected chi connectivity index (χ0v) is 13.2. The number of aryl methyl sites for hydroxylation is 1. The third kappa shape index (κ3) is 2.74. The van der Waals surface area contributed by atoms with Gasteiger partial charge in [-0.2, -0.15) is 0 Å².